The zero-order chi connectivity index (χ0) is 32.1. The Hall–Kier alpha value is -6.59. The zero-order valence-corrected chi connectivity index (χ0v) is 26.4. The second-order valence-corrected chi connectivity index (χ2v) is 12.8. The molecule has 0 N–H and O–H groups in total. The van der Waals surface area contributed by atoms with Crippen LogP contribution in [0.1, 0.15) is 5.82 Å². The molecule has 0 amide bonds. The molecule has 0 bridgehead atoms. The molecule has 5 nitrogen and oxygen atoms in total. The third-order valence-electron chi connectivity index (χ3n) is 10.1. The first-order chi connectivity index (χ1) is 24.3. The van der Waals surface area contributed by atoms with Crippen molar-refractivity contribution in [3.05, 3.63) is 164 Å². The summed E-state index contributed by atoms with van der Waals surface area (Å²) in [6.45, 7) is 0.456. The number of benzene rings is 7. The van der Waals surface area contributed by atoms with Crippen molar-refractivity contribution < 1.29 is 4.74 Å². The number of imidazole rings is 1. The van der Waals surface area contributed by atoms with Crippen molar-refractivity contribution in [1.82, 2.24) is 18.7 Å². The van der Waals surface area contributed by atoms with Crippen LogP contribution in [0.5, 0.6) is 5.75 Å². The highest BCUT2D eigenvalue weighted by atomic mass is 16.5. The molecular weight excluding hydrogens is 601 g/mol. The SMILES string of the molecule is c1ccc(-n2c3ccccc3c3cc(-c4ccc5c(c4)c4ccccc4n5-c4ccc5c(c4)-n4c(nc6ccccc64)CO5)ccc32)cc1. The molecule has 7 aromatic carbocycles. The van der Waals surface area contributed by atoms with Gasteiger partial charge in [0.1, 0.15) is 12.4 Å². The molecule has 5 heteroatoms. The van der Waals surface area contributed by atoms with E-state index < -0.39 is 0 Å². The Morgan fingerprint density at radius 1 is 0.429 bits per heavy atom. The van der Waals surface area contributed by atoms with Crippen LogP contribution >= 0.6 is 0 Å². The van der Waals surface area contributed by atoms with Crippen LogP contribution in [-0.2, 0) is 6.61 Å². The van der Waals surface area contributed by atoms with Crippen molar-refractivity contribution in [1.29, 1.82) is 0 Å². The van der Waals surface area contributed by atoms with E-state index in [0.717, 1.165) is 34.0 Å². The monoisotopic (exact) mass is 628 g/mol. The number of hydrogen-bond acceptors (Lipinski definition) is 2. The van der Waals surface area contributed by atoms with Crippen LogP contribution in [-0.4, -0.2) is 18.7 Å². The Bertz CT molecular complexity index is 2940. The maximum atomic E-state index is 6.18. The molecule has 230 valence electrons. The maximum absolute atomic E-state index is 6.18. The lowest BCUT2D eigenvalue weighted by atomic mass is 10.0. The van der Waals surface area contributed by atoms with Crippen LogP contribution in [0.3, 0.4) is 0 Å². The third-order valence-corrected chi connectivity index (χ3v) is 10.1. The normalized spacial score (nSPS) is 12.6. The van der Waals surface area contributed by atoms with Gasteiger partial charge in [-0.05, 0) is 90.0 Å². The number of hydrogen-bond donors (Lipinski definition) is 0. The summed E-state index contributed by atoms with van der Waals surface area (Å²) in [6, 6.07) is 56.6. The molecular formula is C44H28N4O. The second-order valence-electron chi connectivity index (χ2n) is 12.8. The number of rotatable bonds is 3. The van der Waals surface area contributed by atoms with Gasteiger partial charge in [0.05, 0.1) is 38.8 Å². The molecule has 1 aliphatic rings. The highest BCUT2D eigenvalue weighted by Gasteiger charge is 2.23. The average Bonchev–Trinajstić information content (AvgIpc) is 3.82. The molecule has 0 atom stereocenters. The van der Waals surface area contributed by atoms with Crippen molar-refractivity contribution in [2.75, 3.05) is 0 Å². The van der Waals surface area contributed by atoms with Gasteiger partial charge in [0.2, 0.25) is 0 Å². The number of nitrogens with zero attached hydrogens (tertiary/aromatic N) is 4. The first-order valence-electron chi connectivity index (χ1n) is 16.7. The Kier molecular flexibility index (Phi) is 5.38. The summed E-state index contributed by atoms with van der Waals surface area (Å²) in [4.78, 5) is 4.87. The third kappa shape index (κ3) is 3.78. The molecule has 0 fully saturated rings. The minimum absolute atomic E-state index is 0.456. The van der Waals surface area contributed by atoms with Gasteiger partial charge < -0.3 is 13.9 Å². The van der Waals surface area contributed by atoms with E-state index in [0.29, 0.717) is 6.61 Å². The second kappa shape index (κ2) is 9.96. The molecule has 0 saturated carbocycles. The largest absolute Gasteiger partial charge is 0.483 e. The highest BCUT2D eigenvalue weighted by Crippen LogP contribution is 2.40. The predicted octanol–water partition coefficient (Wildman–Crippen LogP) is 10.8. The van der Waals surface area contributed by atoms with Gasteiger partial charge in [-0.2, -0.15) is 0 Å². The smallest absolute Gasteiger partial charge is 0.152 e. The molecule has 3 aromatic heterocycles. The van der Waals surface area contributed by atoms with E-state index in [1.165, 1.54) is 60.4 Å². The van der Waals surface area contributed by atoms with Crippen LogP contribution in [0.4, 0.5) is 0 Å². The van der Waals surface area contributed by atoms with Gasteiger partial charge in [-0.15, -0.1) is 0 Å². The molecule has 0 unspecified atom stereocenters. The number of ether oxygens (including phenoxy) is 1. The lowest BCUT2D eigenvalue weighted by Crippen LogP contribution is -2.13. The van der Waals surface area contributed by atoms with Crippen molar-refractivity contribution in [3.63, 3.8) is 0 Å². The van der Waals surface area contributed by atoms with Crippen molar-refractivity contribution in [3.8, 4) is 33.9 Å². The number of aromatic nitrogens is 4. The molecule has 0 saturated heterocycles. The first kappa shape index (κ1) is 26.5. The van der Waals surface area contributed by atoms with E-state index in [1.54, 1.807) is 0 Å². The number of para-hydroxylation sites is 5. The maximum Gasteiger partial charge on any atom is 0.152 e. The Morgan fingerprint density at radius 2 is 1.00 bits per heavy atom. The van der Waals surface area contributed by atoms with Crippen LogP contribution in [0.2, 0.25) is 0 Å². The number of fused-ring (bicyclic) bond motifs is 11. The fourth-order valence-electron chi connectivity index (χ4n) is 7.96. The van der Waals surface area contributed by atoms with Crippen LogP contribution in [0.25, 0.3) is 82.8 Å². The average molecular weight is 629 g/mol. The molecule has 1 aliphatic heterocycles. The quantitative estimate of drug-likeness (QED) is 0.195. The summed E-state index contributed by atoms with van der Waals surface area (Å²) in [7, 11) is 0. The standard InChI is InChI=1S/C44H28N4O/c1-2-10-30(11-3-1)46-37-15-7-4-12-32(37)34-24-28(18-21-39(34)46)29-19-22-40-35(25-29)33-13-5-8-16-38(33)47(40)31-20-23-43-42(26-31)48-41-17-9-6-14-36(41)45-44(48)27-49-43/h1-26H,27H2. The molecule has 11 rings (SSSR count). The van der Waals surface area contributed by atoms with Gasteiger partial charge in [-0.1, -0.05) is 78.9 Å². The van der Waals surface area contributed by atoms with Crippen molar-refractivity contribution in [2.45, 2.75) is 6.61 Å². The van der Waals surface area contributed by atoms with E-state index in [1.807, 2.05) is 6.07 Å². The Labute approximate surface area is 281 Å². The summed E-state index contributed by atoms with van der Waals surface area (Å²) in [6.07, 6.45) is 0. The Morgan fingerprint density at radius 3 is 1.69 bits per heavy atom. The van der Waals surface area contributed by atoms with E-state index in [-0.39, 0.29) is 0 Å². The molecule has 4 heterocycles. The fraction of sp³-hybridized carbons (Fsp3) is 0.0227. The lowest BCUT2D eigenvalue weighted by molar-refractivity contribution is 0.280. The summed E-state index contributed by atoms with van der Waals surface area (Å²) < 4.78 is 13.2. The van der Waals surface area contributed by atoms with Crippen LogP contribution in [0, 0.1) is 0 Å². The fourth-order valence-corrected chi connectivity index (χ4v) is 7.96. The van der Waals surface area contributed by atoms with Gasteiger partial charge >= 0.3 is 0 Å². The zero-order valence-electron chi connectivity index (χ0n) is 26.4. The molecule has 49 heavy (non-hydrogen) atoms. The summed E-state index contributed by atoms with van der Waals surface area (Å²) in [5.74, 6) is 1.79. The van der Waals surface area contributed by atoms with E-state index in [2.05, 4.69) is 165 Å². The predicted molar refractivity (Wildman–Crippen MR) is 200 cm³/mol. The van der Waals surface area contributed by atoms with Gasteiger partial charge in [0, 0.05) is 32.9 Å². The van der Waals surface area contributed by atoms with Crippen LogP contribution in [0.15, 0.2) is 158 Å². The Balaban J connectivity index is 1.09. The highest BCUT2D eigenvalue weighted by molar-refractivity contribution is 6.12. The molecule has 10 aromatic rings. The summed E-state index contributed by atoms with van der Waals surface area (Å²) in [5, 5.41) is 4.96. The van der Waals surface area contributed by atoms with Crippen molar-refractivity contribution >= 4 is 54.6 Å². The van der Waals surface area contributed by atoms with Gasteiger partial charge in [0.25, 0.3) is 0 Å². The van der Waals surface area contributed by atoms with E-state index in [4.69, 9.17) is 9.72 Å². The van der Waals surface area contributed by atoms with E-state index in [9.17, 15) is 0 Å². The minimum Gasteiger partial charge on any atom is -0.483 e. The van der Waals surface area contributed by atoms with Gasteiger partial charge in [-0.25, -0.2) is 4.98 Å². The first-order valence-corrected chi connectivity index (χ1v) is 16.7. The summed E-state index contributed by atoms with van der Waals surface area (Å²) >= 11 is 0. The topological polar surface area (TPSA) is 36.9 Å². The molecule has 0 radical (unpaired) electrons. The van der Waals surface area contributed by atoms with E-state index >= 15 is 0 Å². The molecule has 0 aliphatic carbocycles. The lowest BCUT2D eigenvalue weighted by Gasteiger charge is -2.21. The van der Waals surface area contributed by atoms with Crippen molar-refractivity contribution in [2.24, 2.45) is 0 Å². The van der Waals surface area contributed by atoms with Gasteiger partial charge in [0.15, 0.2) is 5.82 Å². The summed E-state index contributed by atoms with van der Waals surface area (Å²) in [5.41, 5.74) is 12.5. The van der Waals surface area contributed by atoms with Gasteiger partial charge in [-0.3, -0.25) is 4.57 Å². The molecule has 0 spiro atoms. The van der Waals surface area contributed by atoms with Crippen LogP contribution < -0.4 is 4.74 Å². The minimum atomic E-state index is 0.456.